The van der Waals surface area contributed by atoms with E-state index in [4.69, 9.17) is 5.26 Å². The van der Waals surface area contributed by atoms with Gasteiger partial charge in [-0.1, -0.05) is 6.07 Å². The quantitative estimate of drug-likeness (QED) is 0.740. The average molecular weight is 197 g/mol. The first-order chi connectivity index (χ1) is 6.20. The minimum absolute atomic E-state index is 0.0275. The monoisotopic (exact) mass is 197 g/mol. The van der Waals surface area contributed by atoms with Crippen LogP contribution in [0.2, 0.25) is 0 Å². The summed E-state index contributed by atoms with van der Waals surface area (Å²) in [6, 6.07) is 4.69. The van der Waals surface area contributed by atoms with Crippen molar-refractivity contribution >= 4 is 11.8 Å². The molecule has 0 heterocycles. The number of phenols is 1. The number of aromatic hydroxyl groups is 1. The van der Waals surface area contributed by atoms with Gasteiger partial charge in [-0.2, -0.15) is 5.26 Å². The fraction of sp³-hybridized carbons (Fsp3) is 0.222. The lowest BCUT2D eigenvalue weighted by molar-refractivity contribution is 0.448. The Morgan fingerprint density at radius 3 is 2.85 bits per heavy atom. The second kappa shape index (κ2) is 4.15. The first kappa shape index (κ1) is 9.87. The summed E-state index contributed by atoms with van der Waals surface area (Å²) >= 11 is 1.13. The maximum Gasteiger partial charge on any atom is 0.144 e. The van der Waals surface area contributed by atoms with Crippen molar-refractivity contribution in [2.45, 2.75) is 11.3 Å². The molecule has 0 saturated carbocycles. The fourth-order valence-electron chi connectivity index (χ4n) is 1.00. The van der Waals surface area contributed by atoms with Crippen LogP contribution < -0.4 is 0 Å². The Morgan fingerprint density at radius 1 is 1.62 bits per heavy atom. The van der Waals surface area contributed by atoms with E-state index < -0.39 is 5.82 Å². The molecule has 0 amide bonds. The summed E-state index contributed by atoms with van der Waals surface area (Å²) in [5.41, 5.74) is 0.324. The molecule has 0 radical (unpaired) electrons. The van der Waals surface area contributed by atoms with Crippen molar-refractivity contribution in [3.8, 4) is 11.8 Å². The minimum Gasteiger partial charge on any atom is -0.507 e. The lowest BCUT2D eigenvalue weighted by atomic mass is 10.1. The van der Waals surface area contributed by atoms with Crippen molar-refractivity contribution in [2.24, 2.45) is 0 Å². The normalized spacial score (nSPS) is 9.62. The number of rotatable bonds is 2. The van der Waals surface area contributed by atoms with Crippen LogP contribution in [0.5, 0.6) is 5.75 Å². The molecule has 0 fully saturated rings. The molecule has 0 aliphatic rings. The number of halogens is 1. The van der Waals surface area contributed by atoms with Crippen LogP contribution in [0.3, 0.4) is 0 Å². The van der Waals surface area contributed by atoms with Crippen LogP contribution in [-0.2, 0) is 6.42 Å². The molecule has 0 aromatic heterocycles. The molecule has 0 bridgehead atoms. The molecule has 0 aliphatic carbocycles. The van der Waals surface area contributed by atoms with Crippen molar-refractivity contribution in [1.82, 2.24) is 0 Å². The molecular formula is C9H8FNOS. The third kappa shape index (κ3) is 1.93. The van der Waals surface area contributed by atoms with E-state index in [1.807, 2.05) is 6.07 Å². The van der Waals surface area contributed by atoms with Crippen molar-refractivity contribution < 1.29 is 9.50 Å². The number of hydrogen-bond donors (Lipinski definition) is 1. The van der Waals surface area contributed by atoms with E-state index in [9.17, 15) is 9.50 Å². The Bertz CT molecular complexity index is 359. The highest BCUT2D eigenvalue weighted by Crippen LogP contribution is 2.31. The molecule has 0 spiro atoms. The fourth-order valence-corrected chi connectivity index (χ4v) is 1.59. The molecule has 0 saturated heterocycles. The molecule has 4 heteroatoms. The summed E-state index contributed by atoms with van der Waals surface area (Å²) < 4.78 is 13.4. The number of benzene rings is 1. The van der Waals surface area contributed by atoms with E-state index in [0.717, 1.165) is 11.8 Å². The highest BCUT2D eigenvalue weighted by Gasteiger charge is 2.11. The van der Waals surface area contributed by atoms with Gasteiger partial charge in [0.2, 0.25) is 0 Å². The Balaban J connectivity index is 3.21. The van der Waals surface area contributed by atoms with Gasteiger partial charge in [0.1, 0.15) is 11.6 Å². The number of phenolic OH excluding ortho intramolecular Hbond substituents is 1. The van der Waals surface area contributed by atoms with Gasteiger partial charge in [0.15, 0.2) is 0 Å². The van der Waals surface area contributed by atoms with Gasteiger partial charge in [-0.15, -0.1) is 11.8 Å². The summed E-state index contributed by atoms with van der Waals surface area (Å²) in [7, 11) is 0. The van der Waals surface area contributed by atoms with E-state index in [0.29, 0.717) is 5.56 Å². The van der Waals surface area contributed by atoms with Crippen LogP contribution in [0, 0.1) is 17.1 Å². The Kier molecular flexibility index (Phi) is 3.15. The van der Waals surface area contributed by atoms with E-state index in [1.165, 1.54) is 12.1 Å². The van der Waals surface area contributed by atoms with E-state index in [1.54, 1.807) is 6.26 Å². The van der Waals surface area contributed by atoms with E-state index in [2.05, 4.69) is 0 Å². The van der Waals surface area contributed by atoms with Gasteiger partial charge in [0.25, 0.3) is 0 Å². The first-order valence-electron chi connectivity index (χ1n) is 3.62. The van der Waals surface area contributed by atoms with Crippen LogP contribution >= 0.6 is 11.8 Å². The zero-order chi connectivity index (χ0) is 9.84. The highest BCUT2D eigenvalue weighted by molar-refractivity contribution is 7.98. The smallest absolute Gasteiger partial charge is 0.144 e. The SMILES string of the molecule is CSc1c(O)ccc(CC#N)c1F. The molecule has 2 nitrogen and oxygen atoms in total. The summed E-state index contributed by atoms with van der Waals surface area (Å²) in [5.74, 6) is -0.569. The number of thioether (sulfide) groups is 1. The van der Waals surface area contributed by atoms with Crippen molar-refractivity contribution in [3.63, 3.8) is 0 Å². The molecule has 1 rings (SSSR count). The third-order valence-electron chi connectivity index (χ3n) is 1.63. The molecular weight excluding hydrogens is 189 g/mol. The summed E-state index contributed by atoms with van der Waals surface area (Å²) in [5, 5.41) is 17.6. The van der Waals surface area contributed by atoms with Crippen LogP contribution in [-0.4, -0.2) is 11.4 Å². The van der Waals surface area contributed by atoms with Gasteiger partial charge in [-0.05, 0) is 12.3 Å². The molecule has 0 atom stereocenters. The second-order valence-electron chi connectivity index (χ2n) is 2.43. The topological polar surface area (TPSA) is 44.0 Å². The van der Waals surface area contributed by atoms with Crippen molar-refractivity contribution in [1.29, 1.82) is 5.26 Å². The zero-order valence-electron chi connectivity index (χ0n) is 7.04. The molecule has 13 heavy (non-hydrogen) atoms. The van der Waals surface area contributed by atoms with Gasteiger partial charge in [-0.25, -0.2) is 4.39 Å². The summed E-state index contributed by atoms with van der Waals surface area (Å²) in [4.78, 5) is 0.202. The summed E-state index contributed by atoms with van der Waals surface area (Å²) in [6.45, 7) is 0. The molecule has 0 aliphatic heterocycles. The van der Waals surface area contributed by atoms with Crippen LogP contribution in [0.1, 0.15) is 5.56 Å². The predicted molar refractivity (Wildman–Crippen MR) is 49.2 cm³/mol. The van der Waals surface area contributed by atoms with Gasteiger partial charge >= 0.3 is 0 Å². The summed E-state index contributed by atoms with van der Waals surface area (Å²) in [6.07, 6.45) is 1.70. The van der Waals surface area contributed by atoms with Crippen molar-refractivity contribution in [2.75, 3.05) is 6.26 Å². The third-order valence-corrected chi connectivity index (χ3v) is 2.43. The molecule has 1 aromatic carbocycles. The van der Waals surface area contributed by atoms with E-state index >= 15 is 0 Å². The van der Waals surface area contributed by atoms with Crippen molar-refractivity contribution in [3.05, 3.63) is 23.5 Å². The maximum atomic E-state index is 13.4. The number of hydrogen-bond acceptors (Lipinski definition) is 3. The molecule has 0 unspecified atom stereocenters. The number of nitrogens with zero attached hydrogens (tertiary/aromatic N) is 1. The predicted octanol–water partition coefficient (Wildman–Crippen LogP) is 2.32. The number of nitriles is 1. The average Bonchev–Trinajstić information content (AvgIpc) is 2.11. The lowest BCUT2D eigenvalue weighted by Crippen LogP contribution is -1.91. The molecule has 1 N–H and O–H groups in total. The Labute approximate surface area is 80.0 Å². The van der Waals surface area contributed by atoms with E-state index in [-0.39, 0.29) is 17.1 Å². The second-order valence-corrected chi connectivity index (χ2v) is 3.24. The lowest BCUT2D eigenvalue weighted by Gasteiger charge is -2.05. The maximum absolute atomic E-state index is 13.4. The van der Waals surface area contributed by atoms with Crippen LogP contribution in [0.4, 0.5) is 4.39 Å². The zero-order valence-corrected chi connectivity index (χ0v) is 7.86. The van der Waals surface area contributed by atoms with Crippen LogP contribution in [0.15, 0.2) is 17.0 Å². The molecule has 1 aromatic rings. The molecule has 68 valence electrons. The first-order valence-corrected chi connectivity index (χ1v) is 4.84. The largest absolute Gasteiger partial charge is 0.507 e. The van der Waals surface area contributed by atoms with Gasteiger partial charge < -0.3 is 5.11 Å². The van der Waals surface area contributed by atoms with Gasteiger partial charge in [0, 0.05) is 5.56 Å². The van der Waals surface area contributed by atoms with Gasteiger partial charge in [-0.3, -0.25) is 0 Å². The minimum atomic E-state index is -0.492. The van der Waals surface area contributed by atoms with Crippen LogP contribution in [0.25, 0.3) is 0 Å². The van der Waals surface area contributed by atoms with Gasteiger partial charge in [0.05, 0.1) is 17.4 Å². The highest BCUT2D eigenvalue weighted by atomic mass is 32.2. The standard InChI is InChI=1S/C9H8FNOS/c1-13-9-7(12)3-2-6(4-5-11)8(9)10/h2-3,12H,4H2,1H3. The Morgan fingerprint density at radius 2 is 2.31 bits per heavy atom. The Hall–Kier alpha value is -1.21.